The molecule has 0 aliphatic carbocycles. The molecule has 1 fully saturated rings. The Kier molecular flexibility index (Phi) is 10.8. The number of carbonyl (C=O) groups is 6. The quantitative estimate of drug-likeness (QED) is 0.106. The Balaban J connectivity index is 2.27. The number of amides is 5. The van der Waals surface area contributed by atoms with E-state index in [4.69, 9.17) is 11.5 Å². The van der Waals surface area contributed by atoms with Crippen LogP contribution in [0.1, 0.15) is 30.9 Å². The fourth-order valence-corrected chi connectivity index (χ4v) is 3.36. The van der Waals surface area contributed by atoms with E-state index < -0.39 is 73.1 Å². The molecule has 0 bridgehead atoms. The lowest BCUT2D eigenvalue weighted by Crippen LogP contribution is -2.53. The predicted octanol–water partition coefficient (Wildman–Crippen LogP) is -3.41. The van der Waals surface area contributed by atoms with Crippen molar-refractivity contribution in [1.29, 1.82) is 0 Å². The minimum atomic E-state index is -1.63. The first-order valence-electron chi connectivity index (χ1n) is 11.3. The van der Waals surface area contributed by atoms with Crippen LogP contribution in [0.4, 0.5) is 0 Å². The van der Waals surface area contributed by atoms with Gasteiger partial charge in [0, 0.05) is 6.54 Å². The molecule has 37 heavy (non-hydrogen) atoms. The van der Waals surface area contributed by atoms with Crippen molar-refractivity contribution in [3.05, 3.63) is 35.9 Å². The number of guanidine groups is 1. The molecule has 1 aliphatic rings. The van der Waals surface area contributed by atoms with Crippen LogP contribution in [-0.4, -0.2) is 78.3 Å². The van der Waals surface area contributed by atoms with Crippen molar-refractivity contribution < 1.29 is 33.9 Å². The van der Waals surface area contributed by atoms with Gasteiger partial charge >= 0.3 is 5.97 Å². The Morgan fingerprint density at radius 3 is 2.19 bits per heavy atom. The van der Waals surface area contributed by atoms with Gasteiger partial charge in [0.15, 0.2) is 5.96 Å². The Morgan fingerprint density at radius 1 is 0.892 bits per heavy atom. The maximum atomic E-state index is 12.9. The minimum absolute atomic E-state index is 0.111. The highest BCUT2D eigenvalue weighted by atomic mass is 16.4. The molecular formula is C22H30N8O7. The lowest BCUT2D eigenvalue weighted by Gasteiger charge is -2.23. The normalized spacial score (nSPS) is 21.9. The van der Waals surface area contributed by atoms with Crippen LogP contribution in [0, 0.1) is 0 Å². The summed E-state index contributed by atoms with van der Waals surface area (Å²) in [6.07, 6.45) is -0.252. The molecule has 0 spiro atoms. The second-order valence-corrected chi connectivity index (χ2v) is 8.08. The molecule has 1 aliphatic heterocycles. The van der Waals surface area contributed by atoms with Gasteiger partial charge in [-0.25, -0.2) is 4.79 Å². The van der Waals surface area contributed by atoms with E-state index in [9.17, 15) is 33.9 Å². The summed E-state index contributed by atoms with van der Waals surface area (Å²) in [4.78, 5) is 78.3. The number of aliphatic imine (C=N–C) groups is 1. The van der Waals surface area contributed by atoms with E-state index in [-0.39, 0.29) is 18.9 Å². The van der Waals surface area contributed by atoms with Crippen LogP contribution < -0.4 is 38.1 Å². The molecule has 200 valence electrons. The van der Waals surface area contributed by atoms with Crippen molar-refractivity contribution in [3.63, 3.8) is 0 Å². The number of carboxylic acids is 1. The van der Waals surface area contributed by atoms with Crippen molar-refractivity contribution in [2.75, 3.05) is 19.6 Å². The molecule has 2 rings (SSSR count). The summed E-state index contributed by atoms with van der Waals surface area (Å²) in [5.41, 5.74) is 10.9. The summed E-state index contributed by atoms with van der Waals surface area (Å²) in [6, 6.07) is 4.00. The van der Waals surface area contributed by atoms with Crippen molar-refractivity contribution in [2.24, 2.45) is 16.5 Å². The summed E-state index contributed by atoms with van der Waals surface area (Å²) in [6.45, 7) is -0.900. The van der Waals surface area contributed by atoms with Gasteiger partial charge < -0.3 is 43.2 Å². The van der Waals surface area contributed by atoms with Crippen molar-refractivity contribution >= 4 is 41.5 Å². The summed E-state index contributed by atoms with van der Waals surface area (Å²) < 4.78 is 0. The molecule has 1 aromatic carbocycles. The molecule has 0 aromatic heterocycles. The summed E-state index contributed by atoms with van der Waals surface area (Å²) in [5.74, 6) is -5.50. The van der Waals surface area contributed by atoms with Crippen molar-refractivity contribution in [1.82, 2.24) is 26.6 Å². The SMILES string of the molecule is NC(N)=NCCC[C@@H]1NC(=O)CNC(=O)C[C@@H](C(=O)O)NC(=O)[C@@H](c2ccccc2)NC(=O)CNC1=O. The molecule has 1 saturated heterocycles. The standard InChI is InChI=1S/C22H30N8O7/c23-22(24)25-8-4-7-13-19(34)27-11-17(33)30-18(12-5-2-1-3-6-12)20(35)29-14(21(36)37)9-15(31)26-10-16(32)28-13/h1-3,5-6,13-14,18H,4,7-11H2,(H,26,31)(H,27,34)(H,28,32)(H,29,35)(H,30,33)(H,36,37)(H4,23,24,25)/t13-,14-,18+/m0/s1. The molecule has 10 N–H and O–H groups in total. The van der Waals surface area contributed by atoms with Gasteiger partial charge in [0.25, 0.3) is 0 Å². The molecular weight excluding hydrogens is 488 g/mol. The zero-order valence-corrected chi connectivity index (χ0v) is 19.9. The molecule has 0 radical (unpaired) electrons. The molecule has 1 heterocycles. The van der Waals surface area contributed by atoms with E-state index in [1.165, 1.54) is 0 Å². The number of nitrogens with two attached hydrogens (primary N) is 2. The van der Waals surface area contributed by atoms with Gasteiger partial charge in [-0.05, 0) is 18.4 Å². The average Bonchev–Trinajstić information content (AvgIpc) is 2.85. The monoisotopic (exact) mass is 518 g/mol. The minimum Gasteiger partial charge on any atom is -0.480 e. The Morgan fingerprint density at radius 2 is 1.54 bits per heavy atom. The Labute approximate surface area is 211 Å². The fourth-order valence-electron chi connectivity index (χ4n) is 3.36. The first kappa shape index (κ1) is 28.5. The van der Waals surface area contributed by atoms with Crippen molar-refractivity contribution in [3.8, 4) is 0 Å². The molecule has 5 amide bonds. The van der Waals surface area contributed by atoms with E-state index >= 15 is 0 Å². The number of benzene rings is 1. The molecule has 3 atom stereocenters. The molecule has 0 saturated carbocycles. The third kappa shape index (κ3) is 9.83. The lowest BCUT2D eigenvalue weighted by molar-refractivity contribution is -0.144. The second kappa shape index (κ2) is 14.0. The van der Waals surface area contributed by atoms with E-state index in [2.05, 4.69) is 31.6 Å². The van der Waals surface area contributed by atoms with Gasteiger partial charge in [-0.2, -0.15) is 0 Å². The van der Waals surface area contributed by atoms with Crippen LogP contribution in [0.2, 0.25) is 0 Å². The van der Waals surface area contributed by atoms with Gasteiger partial charge in [-0.3, -0.25) is 29.0 Å². The van der Waals surface area contributed by atoms with Gasteiger partial charge in [-0.15, -0.1) is 0 Å². The molecule has 15 heteroatoms. The fraction of sp³-hybridized carbons (Fsp3) is 0.409. The van der Waals surface area contributed by atoms with Crippen LogP contribution in [-0.2, 0) is 28.8 Å². The topological polar surface area (TPSA) is 247 Å². The highest BCUT2D eigenvalue weighted by molar-refractivity contribution is 5.96. The van der Waals surface area contributed by atoms with E-state index in [0.29, 0.717) is 12.0 Å². The number of carbonyl (C=O) groups excluding carboxylic acids is 5. The molecule has 15 nitrogen and oxygen atoms in total. The zero-order chi connectivity index (χ0) is 27.4. The maximum absolute atomic E-state index is 12.9. The zero-order valence-electron chi connectivity index (χ0n) is 19.9. The highest BCUT2D eigenvalue weighted by Gasteiger charge is 2.30. The second-order valence-electron chi connectivity index (χ2n) is 8.08. The summed E-state index contributed by atoms with van der Waals surface area (Å²) >= 11 is 0. The van der Waals surface area contributed by atoms with E-state index in [1.54, 1.807) is 30.3 Å². The van der Waals surface area contributed by atoms with E-state index in [0.717, 1.165) is 0 Å². The first-order chi connectivity index (χ1) is 17.6. The van der Waals surface area contributed by atoms with Gasteiger partial charge in [0.2, 0.25) is 29.5 Å². The number of nitrogens with one attached hydrogen (secondary N) is 5. The summed E-state index contributed by atoms with van der Waals surface area (Å²) in [5, 5.41) is 21.3. The van der Waals surface area contributed by atoms with Gasteiger partial charge in [0.05, 0.1) is 19.5 Å². The van der Waals surface area contributed by atoms with Crippen LogP contribution in [0.25, 0.3) is 0 Å². The number of nitrogens with zero attached hydrogens (tertiary/aromatic N) is 1. The summed E-state index contributed by atoms with van der Waals surface area (Å²) in [7, 11) is 0. The first-order valence-corrected chi connectivity index (χ1v) is 11.3. The maximum Gasteiger partial charge on any atom is 0.326 e. The number of hydrogen-bond acceptors (Lipinski definition) is 7. The predicted molar refractivity (Wildman–Crippen MR) is 129 cm³/mol. The number of rotatable bonds is 6. The highest BCUT2D eigenvalue weighted by Crippen LogP contribution is 2.13. The molecule has 0 unspecified atom stereocenters. The van der Waals surface area contributed by atoms with Gasteiger partial charge in [-0.1, -0.05) is 30.3 Å². The van der Waals surface area contributed by atoms with Crippen LogP contribution >= 0.6 is 0 Å². The van der Waals surface area contributed by atoms with Gasteiger partial charge in [0.1, 0.15) is 18.1 Å². The third-order valence-electron chi connectivity index (χ3n) is 5.17. The number of aliphatic carboxylic acids is 1. The van der Waals surface area contributed by atoms with E-state index in [1.807, 2.05) is 0 Å². The van der Waals surface area contributed by atoms with Crippen LogP contribution in [0.3, 0.4) is 0 Å². The Hall–Kier alpha value is -4.69. The average molecular weight is 519 g/mol. The number of carboxylic acid groups (broad SMARTS) is 1. The van der Waals surface area contributed by atoms with Crippen LogP contribution in [0.5, 0.6) is 0 Å². The smallest absolute Gasteiger partial charge is 0.326 e. The largest absolute Gasteiger partial charge is 0.480 e. The third-order valence-corrected chi connectivity index (χ3v) is 5.17. The molecule has 1 aromatic rings. The lowest BCUT2D eigenvalue weighted by atomic mass is 10.0. The Bertz CT molecular complexity index is 1040. The number of hydrogen-bond donors (Lipinski definition) is 8. The van der Waals surface area contributed by atoms with Crippen LogP contribution in [0.15, 0.2) is 35.3 Å². The van der Waals surface area contributed by atoms with Crippen molar-refractivity contribution in [2.45, 2.75) is 37.4 Å².